The monoisotopic (exact) mass is 516 g/mol. The van der Waals surface area contributed by atoms with Crippen LogP contribution in [0.2, 0.25) is 0 Å². The molecule has 0 aromatic heterocycles. The molecule has 0 aliphatic heterocycles. The van der Waals surface area contributed by atoms with Gasteiger partial charge < -0.3 is 4.74 Å². The van der Waals surface area contributed by atoms with E-state index in [-0.39, 0.29) is 6.67 Å². The van der Waals surface area contributed by atoms with E-state index in [9.17, 15) is 22.0 Å². The first-order valence-corrected chi connectivity index (χ1v) is 14.3. The molecule has 206 valence electrons. The van der Waals surface area contributed by atoms with Crippen LogP contribution in [0.4, 0.5) is 22.0 Å². The standard InChI is InChI=1S/C23H41F.C7H4F4O/c1-2-3-18-4-8-20(9-5-18)22-12-14-23(15-13-22)21-10-6-19(7-11-21)16-17-24;8-4-1-2-6(5(9)3-4)12-7(10)11/h18-23H,2-17H2,1H3;1-3,7H. The SMILES string of the molecule is CCCC1CCC(C2CCC(C3CCC(CCF)CC3)CC2)CC1.Fc1ccc(OC(F)F)c(F)c1. The van der Waals surface area contributed by atoms with Gasteiger partial charge in [0.05, 0.1) is 6.67 Å². The fourth-order valence-corrected chi connectivity index (χ4v) is 7.21. The molecule has 4 rings (SSSR count). The maximum Gasteiger partial charge on any atom is 0.387 e. The first kappa shape index (κ1) is 29.2. The lowest BCUT2D eigenvalue weighted by Crippen LogP contribution is -2.29. The topological polar surface area (TPSA) is 9.23 Å². The molecule has 36 heavy (non-hydrogen) atoms. The van der Waals surface area contributed by atoms with Gasteiger partial charge in [0.1, 0.15) is 5.82 Å². The quantitative estimate of drug-likeness (QED) is 0.312. The molecule has 0 unspecified atom stereocenters. The zero-order valence-electron chi connectivity index (χ0n) is 21.9. The van der Waals surface area contributed by atoms with E-state index in [4.69, 9.17) is 0 Å². The van der Waals surface area contributed by atoms with E-state index in [0.717, 1.165) is 48.1 Å². The van der Waals surface area contributed by atoms with Crippen LogP contribution in [0.5, 0.6) is 5.75 Å². The number of alkyl halides is 3. The molecule has 0 amide bonds. The Morgan fingerprint density at radius 2 is 1.17 bits per heavy atom. The molecule has 1 aromatic carbocycles. The third-order valence-corrected chi connectivity index (χ3v) is 9.26. The van der Waals surface area contributed by atoms with Crippen molar-refractivity contribution in [3.63, 3.8) is 0 Å². The largest absolute Gasteiger partial charge is 0.432 e. The Morgan fingerprint density at radius 3 is 1.56 bits per heavy atom. The normalized spacial score (nSPS) is 31.0. The van der Waals surface area contributed by atoms with E-state index in [0.29, 0.717) is 12.0 Å². The zero-order valence-corrected chi connectivity index (χ0v) is 21.9. The molecule has 3 fully saturated rings. The smallest absolute Gasteiger partial charge is 0.387 e. The van der Waals surface area contributed by atoms with Gasteiger partial charge in [-0.1, -0.05) is 45.4 Å². The lowest BCUT2D eigenvalue weighted by Gasteiger charge is -2.41. The summed E-state index contributed by atoms with van der Waals surface area (Å²) in [5, 5.41) is 0. The zero-order chi connectivity index (χ0) is 25.9. The molecular weight excluding hydrogens is 471 g/mol. The predicted molar refractivity (Wildman–Crippen MR) is 135 cm³/mol. The van der Waals surface area contributed by atoms with Crippen LogP contribution in [0.15, 0.2) is 18.2 Å². The second-order valence-electron chi connectivity index (χ2n) is 11.5. The molecule has 0 saturated heterocycles. The van der Waals surface area contributed by atoms with Gasteiger partial charge in [0, 0.05) is 6.07 Å². The molecule has 6 heteroatoms. The first-order valence-electron chi connectivity index (χ1n) is 14.3. The van der Waals surface area contributed by atoms with E-state index < -0.39 is 24.0 Å². The van der Waals surface area contributed by atoms with Crippen LogP contribution in [0.1, 0.15) is 103 Å². The summed E-state index contributed by atoms with van der Waals surface area (Å²) in [5.74, 6) is 3.26. The van der Waals surface area contributed by atoms with Crippen molar-refractivity contribution < 1.29 is 26.7 Å². The molecule has 0 atom stereocenters. The molecule has 3 aliphatic carbocycles. The summed E-state index contributed by atoms with van der Waals surface area (Å²) in [7, 11) is 0. The van der Waals surface area contributed by atoms with Crippen molar-refractivity contribution in [2.75, 3.05) is 6.67 Å². The van der Waals surface area contributed by atoms with Crippen LogP contribution in [-0.2, 0) is 0 Å². The highest BCUT2D eigenvalue weighted by Crippen LogP contribution is 2.46. The van der Waals surface area contributed by atoms with Crippen LogP contribution < -0.4 is 4.74 Å². The van der Waals surface area contributed by atoms with Crippen LogP contribution in [0.3, 0.4) is 0 Å². The molecule has 1 aromatic rings. The highest BCUT2D eigenvalue weighted by Gasteiger charge is 2.34. The number of benzene rings is 1. The Labute approximate surface area is 214 Å². The van der Waals surface area contributed by atoms with E-state index in [2.05, 4.69) is 11.7 Å². The Morgan fingerprint density at radius 1 is 0.722 bits per heavy atom. The van der Waals surface area contributed by atoms with Crippen LogP contribution in [0.25, 0.3) is 0 Å². The van der Waals surface area contributed by atoms with Crippen molar-refractivity contribution in [1.29, 1.82) is 0 Å². The van der Waals surface area contributed by atoms with Gasteiger partial charge >= 0.3 is 6.61 Å². The summed E-state index contributed by atoms with van der Waals surface area (Å²) in [6.45, 7) is -0.857. The van der Waals surface area contributed by atoms with E-state index in [1.54, 1.807) is 0 Å². The fourth-order valence-electron chi connectivity index (χ4n) is 7.21. The van der Waals surface area contributed by atoms with Gasteiger partial charge in [-0.25, -0.2) is 8.78 Å². The van der Waals surface area contributed by atoms with Gasteiger partial charge in [-0.15, -0.1) is 0 Å². The average Bonchev–Trinajstić information content (AvgIpc) is 2.88. The van der Waals surface area contributed by atoms with Gasteiger partial charge in [0.25, 0.3) is 0 Å². The maximum absolute atomic E-state index is 12.5. The van der Waals surface area contributed by atoms with Gasteiger partial charge in [-0.3, -0.25) is 4.39 Å². The molecule has 0 N–H and O–H groups in total. The van der Waals surface area contributed by atoms with Gasteiger partial charge in [0.2, 0.25) is 0 Å². The number of hydrogen-bond acceptors (Lipinski definition) is 1. The van der Waals surface area contributed by atoms with Crippen molar-refractivity contribution in [3.8, 4) is 5.75 Å². The lowest BCUT2D eigenvalue weighted by atomic mass is 9.65. The summed E-state index contributed by atoms with van der Waals surface area (Å²) >= 11 is 0. The fraction of sp³-hybridized carbons (Fsp3) is 0.800. The first-order chi connectivity index (χ1) is 17.4. The Balaban J connectivity index is 0.000000253. The van der Waals surface area contributed by atoms with Crippen molar-refractivity contribution in [2.45, 2.75) is 110 Å². The minimum absolute atomic E-state index is 0.0963. The summed E-state index contributed by atoms with van der Waals surface area (Å²) in [4.78, 5) is 0. The van der Waals surface area contributed by atoms with Crippen molar-refractivity contribution in [3.05, 3.63) is 29.8 Å². The van der Waals surface area contributed by atoms with Crippen LogP contribution >= 0.6 is 0 Å². The predicted octanol–water partition coefficient (Wildman–Crippen LogP) is 10.1. The Kier molecular flexibility index (Phi) is 12.3. The highest BCUT2D eigenvalue weighted by atomic mass is 19.3. The van der Waals surface area contributed by atoms with Crippen molar-refractivity contribution in [2.24, 2.45) is 35.5 Å². The van der Waals surface area contributed by atoms with Crippen molar-refractivity contribution >= 4 is 0 Å². The van der Waals surface area contributed by atoms with Gasteiger partial charge in [-0.2, -0.15) is 8.78 Å². The van der Waals surface area contributed by atoms with Gasteiger partial charge in [-0.05, 0) is 105 Å². The number of halogens is 5. The third kappa shape index (κ3) is 9.20. The number of ether oxygens (including phenoxy) is 1. The number of hydrogen-bond donors (Lipinski definition) is 0. The van der Waals surface area contributed by atoms with Crippen molar-refractivity contribution in [1.82, 2.24) is 0 Å². The van der Waals surface area contributed by atoms with Crippen LogP contribution in [0, 0.1) is 47.1 Å². The minimum Gasteiger partial charge on any atom is -0.432 e. The second-order valence-corrected chi connectivity index (χ2v) is 11.5. The molecule has 1 nitrogen and oxygen atoms in total. The molecule has 3 aliphatic rings. The summed E-state index contributed by atoms with van der Waals surface area (Å²) in [5.41, 5.74) is 0. The molecule has 0 radical (unpaired) electrons. The van der Waals surface area contributed by atoms with E-state index >= 15 is 0 Å². The summed E-state index contributed by atoms with van der Waals surface area (Å²) in [6.07, 6.45) is 21.3. The lowest BCUT2D eigenvalue weighted by molar-refractivity contribution is -0.0522. The molecule has 0 heterocycles. The Bertz CT molecular complexity index is 699. The molecular formula is C30H45F5O. The third-order valence-electron chi connectivity index (χ3n) is 9.26. The van der Waals surface area contributed by atoms with E-state index in [1.807, 2.05) is 0 Å². The summed E-state index contributed by atoms with van der Waals surface area (Å²) < 4.78 is 64.0. The highest BCUT2D eigenvalue weighted by molar-refractivity contribution is 5.24. The summed E-state index contributed by atoms with van der Waals surface area (Å²) in [6, 6.07) is 2.11. The number of rotatable bonds is 8. The minimum atomic E-state index is -3.11. The Hall–Kier alpha value is -1.33. The second kappa shape index (κ2) is 15.2. The molecule has 0 bridgehead atoms. The molecule has 3 saturated carbocycles. The molecule has 0 spiro atoms. The average molecular weight is 517 g/mol. The van der Waals surface area contributed by atoms with Crippen LogP contribution in [-0.4, -0.2) is 13.3 Å². The van der Waals surface area contributed by atoms with E-state index in [1.165, 1.54) is 89.9 Å². The maximum atomic E-state index is 12.5. The van der Waals surface area contributed by atoms with Gasteiger partial charge in [0.15, 0.2) is 11.6 Å².